The fourth-order valence-electron chi connectivity index (χ4n) is 3.61. The first-order valence-corrected chi connectivity index (χ1v) is 10.5. The van der Waals surface area contributed by atoms with Gasteiger partial charge in [-0.2, -0.15) is 0 Å². The fraction of sp³-hybridized carbons (Fsp3) is 0.333. The standard InChI is InChI=1S/C24H26ClNO5/c1-15(2)31-12-6-11-26-21(16-7-5-10-19(14-16)30-3)20(23(28)24(26)29)22(27)17-8-4-9-18(25)13-17/h4-5,7-10,13-15,21,27H,6,11-12H2,1-3H3/b22-20-. The summed E-state index contributed by atoms with van der Waals surface area (Å²) in [5, 5.41) is 11.4. The van der Waals surface area contributed by atoms with Gasteiger partial charge in [-0.15, -0.1) is 0 Å². The minimum atomic E-state index is -0.742. The van der Waals surface area contributed by atoms with Gasteiger partial charge >= 0.3 is 0 Å². The van der Waals surface area contributed by atoms with E-state index in [0.29, 0.717) is 41.5 Å². The molecule has 6 nitrogen and oxygen atoms in total. The lowest BCUT2D eigenvalue weighted by molar-refractivity contribution is -0.140. The number of methoxy groups -OCH3 is 1. The zero-order chi connectivity index (χ0) is 22.5. The molecule has 2 aromatic carbocycles. The number of aliphatic hydroxyl groups excluding tert-OH is 1. The van der Waals surface area contributed by atoms with Crippen molar-refractivity contribution in [2.24, 2.45) is 0 Å². The van der Waals surface area contributed by atoms with Gasteiger partial charge < -0.3 is 19.5 Å². The normalized spacial score (nSPS) is 18.1. The highest BCUT2D eigenvalue weighted by Gasteiger charge is 2.45. The van der Waals surface area contributed by atoms with Gasteiger partial charge in [-0.1, -0.05) is 35.9 Å². The number of carbonyl (C=O) groups excluding carboxylic acids is 2. The molecule has 1 N–H and O–H groups in total. The van der Waals surface area contributed by atoms with Gasteiger partial charge in [0.05, 0.1) is 24.8 Å². The van der Waals surface area contributed by atoms with Crippen LogP contribution < -0.4 is 4.74 Å². The molecule has 1 heterocycles. The van der Waals surface area contributed by atoms with E-state index in [9.17, 15) is 14.7 Å². The number of ether oxygens (including phenoxy) is 2. The first-order chi connectivity index (χ1) is 14.8. The summed E-state index contributed by atoms with van der Waals surface area (Å²) >= 11 is 6.07. The van der Waals surface area contributed by atoms with Crippen molar-refractivity contribution in [3.63, 3.8) is 0 Å². The summed E-state index contributed by atoms with van der Waals surface area (Å²) in [5.41, 5.74) is 1.08. The van der Waals surface area contributed by atoms with Crippen molar-refractivity contribution in [3.8, 4) is 5.75 Å². The molecule has 2 aromatic rings. The van der Waals surface area contributed by atoms with Crippen LogP contribution in [0.2, 0.25) is 5.02 Å². The summed E-state index contributed by atoms with van der Waals surface area (Å²) in [4.78, 5) is 27.4. The number of hydrogen-bond donors (Lipinski definition) is 1. The van der Waals surface area contributed by atoms with Crippen LogP contribution in [0.4, 0.5) is 0 Å². The summed E-state index contributed by atoms with van der Waals surface area (Å²) in [6.45, 7) is 4.65. The Morgan fingerprint density at radius 3 is 2.58 bits per heavy atom. The van der Waals surface area contributed by atoms with Gasteiger partial charge in [0.25, 0.3) is 11.7 Å². The number of rotatable bonds is 8. The van der Waals surface area contributed by atoms with Crippen LogP contribution >= 0.6 is 11.6 Å². The Hall–Kier alpha value is -2.83. The van der Waals surface area contributed by atoms with E-state index < -0.39 is 17.7 Å². The third kappa shape index (κ3) is 5.09. The second-order valence-corrected chi connectivity index (χ2v) is 7.99. The van der Waals surface area contributed by atoms with E-state index in [-0.39, 0.29) is 17.4 Å². The largest absolute Gasteiger partial charge is 0.507 e. The Labute approximate surface area is 187 Å². The van der Waals surface area contributed by atoms with E-state index in [1.54, 1.807) is 49.6 Å². The Morgan fingerprint density at radius 2 is 1.90 bits per heavy atom. The quantitative estimate of drug-likeness (QED) is 0.279. The molecule has 0 bridgehead atoms. The lowest BCUT2D eigenvalue weighted by Gasteiger charge is -2.25. The molecule has 0 radical (unpaired) electrons. The van der Waals surface area contributed by atoms with Crippen LogP contribution in [0.1, 0.15) is 37.4 Å². The number of amides is 1. The second kappa shape index (κ2) is 9.98. The van der Waals surface area contributed by atoms with E-state index in [1.165, 1.54) is 4.90 Å². The molecule has 0 aromatic heterocycles. The Bertz CT molecular complexity index is 1000. The van der Waals surface area contributed by atoms with Crippen molar-refractivity contribution < 1.29 is 24.2 Å². The van der Waals surface area contributed by atoms with Crippen LogP contribution in [0.3, 0.4) is 0 Å². The summed E-state index contributed by atoms with van der Waals surface area (Å²) < 4.78 is 10.9. The molecule has 164 valence electrons. The first-order valence-electron chi connectivity index (χ1n) is 10.1. The predicted molar refractivity (Wildman–Crippen MR) is 119 cm³/mol. The number of hydrogen-bond acceptors (Lipinski definition) is 5. The van der Waals surface area contributed by atoms with Gasteiger partial charge in [0.15, 0.2) is 0 Å². The molecular formula is C24H26ClNO5. The minimum Gasteiger partial charge on any atom is -0.507 e. The smallest absolute Gasteiger partial charge is 0.295 e. The van der Waals surface area contributed by atoms with Crippen molar-refractivity contribution in [3.05, 3.63) is 70.3 Å². The fourth-order valence-corrected chi connectivity index (χ4v) is 3.80. The number of halogens is 1. The maximum Gasteiger partial charge on any atom is 0.295 e. The summed E-state index contributed by atoms with van der Waals surface area (Å²) in [6.07, 6.45) is 0.635. The topological polar surface area (TPSA) is 76.1 Å². The maximum atomic E-state index is 13.0. The van der Waals surface area contributed by atoms with Gasteiger partial charge in [0.2, 0.25) is 0 Å². The lowest BCUT2D eigenvalue weighted by atomic mass is 9.95. The lowest BCUT2D eigenvalue weighted by Crippen LogP contribution is -2.31. The number of aliphatic hydroxyl groups is 1. The van der Waals surface area contributed by atoms with E-state index in [0.717, 1.165) is 0 Å². The Morgan fingerprint density at radius 1 is 1.16 bits per heavy atom. The molecule has 1 atom stereocenters. The van der Waals surface area contributed by atoms with Crippen LogP contribution in [-0.2, 0) is 14.3 Å². The van der Waals surface area contributed by atoms with Gasteiger partial charge in [-0.25, -0.2) is 0 Å². The zero-order valence-corrected chi connectivity index (χ0v) is 18.6. The Balaban J connectivity index is 2.06. The number of Topliss-reactive ketones (excluding diaryl/α,β-unsaturated/α-hetero) is 1. The summed E-state index contributed by atoms with van der Waals surface area (Å²) in [6, 6.07) is 13.0. The summed E-state index contributed by atoms with van der Waals surface area (Å²) in [5.74, 6) is -1.04. The van der Waals surface area contributed by atoms with Crippen LogP contribution in [0.5, 0.6) is 5.75 Å². The van der Waals surface area contributed by atoms with Crippen LogP contribution in [0.25, 0.3) is 5.76 Å². The minimum absolute atomic E-state index is 0.0327. The monoisotopic (exact) mass is 443 g/mol. The molecule has 1 aliphatic rings. The first kappa shape index (κ1) is 22.8. The molecule has 31 heavy (non-hydrogen) atoms. The van der Waals surface area contributed by atoms with Crippen molar-refractivity contribution in [1.82, 2.24) is 4.90 Å². The molecule has 1 aliphatic heterocycles. The maximum absolute atomic E-state index is 13.0. The molecule has 7 heteroatoms. The van der Waals surface area contributed by atoms with Crippen molar-refractivity contribution in [2.45, 2.75) is 32.4 Å². The van der Waals surface area contributed by atoms with Crippen LogP contribution in [-0.4, -0.2) is 48.1 Å². The number of ketones is 1. The predicted octanol–water partition coefficient (Wildman–Crippen LogP) is 4.59. The molecule has 0 aliphatic carbocycles. The average Bonchev–Trinajstić information content (AvgIpc) is 3.01. The molecule has 1 saturated heterocycles. The third-order valence-corrected chi connectivity index (χ3v) is 5.28. The van der Waals surface area contributed by atoms with E-state index in [1.807, 2.05) is 19.9 Å². The molecular weight excluding hydrogens is 418 g/mol. The van der Waals surface area contributed by atoms with E-state index in [4.69, 9.17) is 21.1 Å². The van der Waals surface area contributed by atoms with Crippen molar-refractivity contribution in [1.29, 1.82) is 0 Å². The van der Waals surface area contributed by atoms with E-state index >= 15 is 0 Å². The number of benzene rings is 2. The van der Waals surface area contributed by atoms with Crippen molar-refractivity contribution in [2.75, 3.05) is 20.3 Å². The molecule has 0 saturated carbocycles. The highest BCUT2D eigenvalue weighted by atomic mass is 35.5. The van der Waals surface area contributed by atoms with Crippen LogP contribution in [0, 0.1) is 0 Å². The summed E-state index contributed by atoms with van der Waals surface area (Å²) in [7, 11) is 1.55. The molecule has 1 fully saturated rings. The number of carbonyl (C=O) groups is 2. The van der Waals surface area contributed by atoms with Gasteiger partial charge in [-0.3, -0.25) is 9.59 Å². The molecule has 3 rings (SSSR count). The molecule has 0 spiro atoms. The number of likely N-dealkylation sites (tertiary alicyclic amines) is 1. The van der Waals surface area contributed by atoms with Crippen LogP contribution in [0.15, 0.2) is 54.1 Å². The average molecular weight is 444 g/mol. The molecule has 1 amide bonds. The van der Waals surface area contributed by atoms with Crippen molar-refractivity contribution >= 4 is 29.1 Å². The van der Waals surface area contributed by atoms with Gasteiger partial charge in [0, 0.05) is 23.7 Å². The second-order valence-electron chi connectivity index (χ2n) is 7.55. The van der Waals surface area contributed by atoms with E-state index in [2.05, 4.69) is 0 Å². The highest BCUT2D eigenvalue weighted by molar-refractivity contribution is 6.46. The Kier molecular flexibility index (Phi) is 7.36. The SMILES string of the molecule is COc1cccc(C2/C(=C(/O)c3cccc(Cl)c3)C(=O)C(=O)N2CCCOC(C)C)c1. The molecule has 1 unspecified atom stereocenters. The third-order valence-electron chi connectivity index (χ3n) is 5.04. The zero-order valence-electron chi connectivity index (χ0n) is 17.8. The van der Waals surface area contributed by atoms with Gasteiger partial charge in [0.1, 0.15) is 11.5 Å². The number of nitrogens with zero attached hydrogens (tertiary/aromatic N) is 1. The van der Waals surface area contributed by atoms with Gasteiger partial charge in [-0.05, 0) is 50.1 Å². The highest BCUT2D eigenvalue weighted by Crippen LogP contribution is 2.40.